The average Bonchev–Trinajstić information content (AvgIpc) is 2.49. The summed E-state index contributed by atoms with van der Waals surface area (Å²) in [6, 6.07) is 12.0. The van der Waals surface area contributed by atoms with E-state index < -0.39 is 5.82 Å². The molecule has 21 heavy (non-hydrogen) atoms. The predicted molar refractivity (Wildman–Crippen MR) is 83.0 cm³/mol. The van der Waals surface area contributed by atoms with Crippen LogP contribution >= 0.6 is 0 Å². The highest BCUT2D eigenvalue weighted by Gasteiger charge is 2.11. The third-order valence-electron chi connectivity index (χ3n) is 3.55. The van der Waals surface area contributed by atoms with Gasteiger partial charge in [0.15, 0.2) is 0 Å². The van der Waals surface area contributed by atoms with Crippen LogP contribution in [0.3, 0.4) is 0 Å². The van der Waals surface area contributed by atoms with E-state index in [4.69, 9.17) is 0 Å². The molecule has 1 amide bonds. The van der Waals surface area contributed by atoms with Gasteiger partial charge in [0.25, 0.3) is 5.91 Å². The molecule has 0 aliphatic rings. The second kappa shape index (κ2) is 6.50. The third-order valence-corrected chi connectivity index (χ3v) is 3.55. The van der Waals surface area contributed by atoms with Crippen LogP contribution in [0, 0.1) is 12.7 Å². The number of hydrogen-bond acceptors (Lipinski definition) is 2. The number of nitrogens with one attached hydrogen (secondary N) is 2. The fourth-order valence-electron chi connectivity index (χ4n) is 2.06. The molecular weight excluding hydrogens is 267 g/mol. The number of carbonyl (C=O) groups is 1. The van der Waals surface area contributed by atoms with Crippen molar-refractivity contribution in [2.45, 2.75) is 19.9 Å². The summed E-state index contributed by atoms with van der Waals surface area (Å²) in [5, 5.41) is 5.94. The van der Waals surface area contributed by atoms with Gasteiger partial charge < -0.3 is 10.6 Å². The maximum Gasteiger partial charge on any atom is 0.256 e. The first-order valence-electron chi connectivity index (χ1n) is 6.86. The van der Waals surface area contributed by atoms with Crippen molar-refractivity contribution < 1.29 is 9.18 Å². The molecule has 2 rings (SSSR count). The van der Waals surface area contributed by atoms with Gasteiger partial charge in [-0.15, -0.1) is 0 Å². The number of halogens is 1. The number of amides is 1. The molecule has 0 spiro atoms. The summed E-state index contributed by atoms with van der Waals surface area (Å²) in [5.74, 6) is -0.717. The summed E-state index contributed by atoms with van der Waals surface area (Å²) < 4.78 is 13.2. The minimum absolute atomic E-state index is 0.250. The molecule has 1 atom stereocenters. The molecule has 0 heterocycles. The minimum atomic E-state index is -0.413. The number of aryl methyl sites for hydroxylation is 1. The molecule has 0 aliphatic heterocycles. The monoisotopic (exact) mass is 286 g/mol. The van der Waals surface area contributed by atoms with Gasteiger partial charge in [-0.05, 0) is 56.3 Å². The van der Waals surface area contributed by atoms with E-state index in [1.54, 1.807) is 13.0 Å². The number of rotatable bonds is 4. The Bertz CT molecular complexity index is 638. The number of carbonyl (C=O) groups excluding carboxylic acids is 1. The fourth-order valence-corrected chi connectivity index (χ4v) is 2.06. The molecule has 0 aliphatic carbocycles. The lowest BCUT2D eigenvalue weighted by Crippen LogP contribution is -2.14. The molecule has 0 saturated heterocycles. The molecule has 1 unspecified atom stereocenters. The van der Waals surface area contributed by atoms with E-state index in [0.29, 0.717) is 11.3 Å². The normalized spacial score (nSPS) is 12.0. The van der Waals surface area contributed by atoms with E-state index >= 15 is 0 Å². The van der Waals surface area contributed by atoms with Gasteiger partial charge in [-0.25, -0.2) is 4.39 Å². The summed E-state index contributed by atoms with van der Waals surface area (Å²) in [5.41, 5.74) is 2.92. The summed E-state index contributed by atoms with van der Waals surface area (Å²) >= 11 is 0. The zero-order valence-corrected chi connectivity index (χ0v) is 12.4. The van der Waals surface area contributed by atoms with E-state index in [-0.39, 0.29) is 11.9 Å². The Labute approximate surface area is 124 Å². The van der Waals surface area contributed by atoms with Crippen LogP contribution in [-0.2, 0) is 0 Å². The maximum atomic E-state index is 13.2. The van der Waals surface area contributed by atoms with Crippen molar-refractivity contribution in [3.05, 3.63) is 65.0 Å². The topological polar surface area (TPSA) is 41.1 Å². The van der Waals surface area contributed by atoms with E-state index in [9.17, 15) is 9.18 Å². The van der Waals surface area contributed by atoms with Crippen LogP contribution in [0.25, 0.3) is 0 Å². The van der Waals surface area contributed by atoms with Gasteiger partial charge in [-0.3, -0.25) is 4.79 Å². The molecule has 110 valence electrons. The van der Waals surface area contributed by atoms with Gasteiger partial charge in [0.1, 0.15) is 5.82 Å². The first-order valence-corrected chi connectivity index (χ1v) is 6.86. The molecule has 2 aromatic carbocycles. The highest BCUT2D eigenvalue weighted by Crippen LogP contribution is 2.17. The Morgan fingerprint density at radius 1 is 1.14 bits per heavy atom. The Morgan fingerprint density at radius 3 is 2.43 bits per heavy atom. The first-order chi connectivity index (χ1) is 10.0. The van der Waals surface area contributed by atoms with E-state index in [1.165, 1.54) is 12.1 Å². The molecule has 0 radical (unpaired) electrons. The van der Waals surface area contributed by atoms with Crippen LogP contribution in [-0.4, -0.2) is 13.0 Å². The van der Waals surface area contributed by atoms with Crippen molar-refractivity contribution in [1.29, 1.82) is 0 Å². The van der Waals surface area contributed by atoms with Crippen molar-refractivity contribution in [3.8, 4) is 0 Å². The summed E-state index contributed by atoms with van der Waals surface area (Å²) in [6.07, 6.45) is 0. The molecule has 0 fully saturated rings. The molecule has 0 bridgehead atoms. The van der Waals surface area contributed by atoms with Gasteiger partial charge in [0.2, 0.25) is 0 Å². The Morgan fingerprint density at radius 2 is 1.81 bits per heavy atom. The van der Waals surface area contributed by atoms with Crippen LogP contribution in [0.15, 0.2) is 42.5 Å². The molecule has 0 saturated carbocycles. The smallest absolute Gasteiger partial charge is 0.256 e. The summed E-state index contributed by atoms with van der Waals surface area (Å²) in [7, 11) is 1.90. The van der Waals surface area contributed by atoms with Gasteiger partial charge in [-0.2, -0.15) is 0 Å². The first kappa shape index (κ1) is 15.2. The number of anilines is 1. The zero-order valence-electron chi connectivity index (χ0n) is 12.4. The quantitative estimate of drug-likeness (QED) is 0.900. The number of hydrogen-bond donors (Lipinski definition) is 2. The van der Waals surface area contributed by atoms with Crippen molar-refractivity contribution in [1.82, 2.24) is 5.32 Å². The standard InChI is InChI=1S/C17H19FN2O/c1-11-4-7-14(18)10-16(11)17(21)20-15-8-5-13(6-9-15)12(2)19-3/h4-10,12,19H,1-3H3,(H,20,21). The van der Waals surface area contributed by atoms with Crippen molar-refractivity contribution in [3.63, 3.8) is 0 Å². The summed E-state index contributed by atoms with van der Waals surface area (Å²) in [4.78, 5) is 12.2. The van der Waals surface area contributed by atoms with E-state index in [0.717, 1.165) is 11.1 Å². The van der Waals surface area contributed by atoms with E-state index in [2.05, 4.69) is 17.6 Å². The molecule has 0 aromatic heterocycles. The lowest BCUT2D eigenvalue weighted by atomic mass is 10.1. The lowest BCUT2D eigenvalue weighted by Gasteiger charge is -2.12. The second-order valence-corrected chi connectivity index (χ2v) is 5.05. The number of benzene rings is 2. The molecule has 2 N–H and O–H groups in total. The van der Waals surface area contributed by atoms with Gasteiger partial charge in [-0.1, -0.05) is 18.2 Å². The maximum absolute atomic E-state index is 13.2. The third kappa shape index (κ3) is 3.67. The lowest BCUT2D eigenvalue weighted by molar-refractivity contribution is 0.102. The Hall–Kier alpha value is -2.20. The predicted octanol–water partition coefficient (Wildman–Crippen LogP) is 3.67. The van der Waals surface area contributed by atoms with Crippen LogP contribution in [0.2, 0.25) is 0 Å². The Balaban J connectivity index is 2.14. The van der Waals surface area contributed by atoms with Gasteiger partial charge >= 0.3 is 0 Å². The SMILES string of the molecule is CNC(C)c1ccc(NC(=O)c2cc(F)ccc2C)cc1. The van der Waals surface area contributed by atoms with Gasteiger partial charge in [0.05, 0.1) is 0 Å². The van der Waals surface area contributed by atoms with Crippen LogP contribution in [0.1, 0.15) is 34.5 Å². The average molecular weight is 286 g/mol. The van der Waals surface area contributed by atoms with Crippen molar-refractivity contribution in [2.24, 2.45) is 0 Å². The highest BCUT2D eigenvalue weighted by atomic mass is 19.1. The zero-order chi connectivity index (χ0) is 15.4. The highest BCUT2D eigenvalue weighted by molar-refractivity contribution is 6.05. The van der Waals surface area contributed by atoms with Crippen LogP contribution in [0.5, 0.6) is 0 Å². The van der Waals surface area contributed by atoms with Gasteiger partial charge in [0, 0.05) is 17.3 Å². The summed E-state index contributed by atoms with van der Waals surface area (Å²) in [6.45, 7) is 3.84. The van der Waals surface area contributed by atoms with E-state index in [1.807, 2.05) is 31.3 Å². The second-order valence-electron chi connectivity index (χ2n) is 5.05. The minimum Gasteiger partial charge on any atom is -0.322 e. The van der Waals surface area contributed by atoms with Crippen LogP contribution < -0.4 is 10.6 Å². The van der Waals surface area contributed by atoms with Crippen LogP contribution in [0.4, 0.5) is 10.1 Å². The molecular formula is C17H19FN2O. The fraction of sp³-hybridized carbons (Fsp3) is 0.235. The largest absolute Gasteiger partial charge is 0.322 e. The Kier molecular flexibility index (Phi) is 4.70. The van der Waals surface area contributed by atoms with Crippen molar-refractivity contribution >= 4 is 11.6 Å². The molecule has 4 heteroatoms. The molecule has 3 nitrogen and oxygen atoms in total. The molecule has 2 aromatic rings. The van der Waals surface area contributed by atoms with Crippen molar-refractivity contribution in [2.75, 3.05) is 12.4 Å².